The summed E-state index contributed by atoms with van der Waals surface area (Å²) >= 11 is 0. The molecule has 3 aliphatic heterocycles. The summed E-state index contributed by atoms with van der Waals surface area (Å²) in [6, 6.07) is 8.66. The van der Waals surface area contributed by atoms with E-state index >= 15 is 0 Å². The molecule has 2 fully saturated rings. The first-order chi connectivity index (χ1) is 14.9. The summed E-state index contributed by atoms with van der Waals surface area (Å²) in [5.41, 5.74) is 4.07. The van der Waals surface area contributed by atoms with Gasteiger partial charge in [0.05, 0.1) is 19.8 Å². The number of morpholine rings is 1. The molecule has 6 heteroatoms. The summed E-state index contributed by atoms with van der Waals surface area (Å²) in [6.45, 7) is 11.7. The lowest BCUT2D eigenvalue weighted by Gasteiger charge is -2.36. The van der Waals surface area contributed by atoms with E-state index in [-0.39, 0.29) is 6.09 Å². The van der Waals surface area contributed by atoms with Gasteiger partial charge in [-0.1, -0.05) is 18.2 Å². The molecule has 0 aliphatic carbocycles. The normalized spacial score (nSPS) is 20.9. The van der Waals surface area contributed by atoms with Crippen LogP contribution >= 0.6 is 0 Å². The quantitative estimate of drug-likeness (QED) is 0.792. The summed E-state index contributed by atoms with van der Waals surface area (Å²) in [7, 11) is 0. The zero-order valence-corrected chi connectivity index (χ0v) is 19.0. The number of allylic oxidation sites excluding steroid dienone is 3. The third-order valence-corrected chi connectivity index (χ3v) is 6.08. The molecule has 0 bridgehead atoms. The number of carbonyl (C=O) groups is 1. The highest BCUT2D eigenvalue weighted by Crippen LogP contribution is 2.32. The number of hydrogen-bond donors (Lipinski definition) is 1. The van der Waals surface area contributed by atoms with Gasteiger partial charge in [0.2, 0.25) is 0 Å². The van der Waals surface area contributed by atoms with Crippen molar-refractivity contribution in [2.75, 3.05) is 50.8 Å². The van der Waals surface area contributed by atoms with Gasteiger partial charge >= 0.3 is 6.09 Å². The Labute approximate surface area is 185 Å². The summed E-state index contributed by atoms with van der Waals surface area (Å²) in [5.74, 6) is 0.385. The highest BCUT2D eigenvalue weighted by atomic mass is 16.6. The van der Waals surface area contributed by atoms with E-state index in [1.807, 2.05) is 25.7 Å². The first-order valence-corrected chi connectivity index (χ1v) is 11.5. The van der Waals surface area contributed by atoms with Gasteiger partial charge in [-0.15, -0.1) is 0 Å². The Morgan fingerprint density at radius 3 is 2.39 bits per heavy atom. The van der Waals surface area contributed by atoms with Crippen molar-refractivity contribution in [3.63, 3.8) is 0 Å². The predicted molar refractivity (Wildman–Crippen MR) is 124 cm³/mol. The fraction of sp³-hybridized carbons (Fsp3) is 0.560. The average Bonchev–Trinajstić information content (AvgIpc) is 2.79. The Hall–Kier alpha value is -2.31. The number of benzene rings is 1. The third kappa shape index (κ3) is 5.49. The van der Waals surface area contributed by atoms with Crippen LogP contribution in [0, 0.1) is 5.92 Å². The first kappa shape index (κ1) is 21.9. The third-order valence-electron chi connectivity index (χ3n) is 6.08. The maximum Gasteiger partial charge on any atom is 0.414 e. The molecule has 1 N–H and O–H groups in total. The second-order valence-corrected chi connectivity index (χ2v) is 9.52. The van der Waals surface area contributed by atoms with E-state index in [2.05, 4.69) is 46.6 Å². The van der Waals surface area contributed by atoms with Gasteiger partial charge in [-0.2, -0.15) is 0 Å². The molecule has 0 spiro atoms. The molecule has 2 saturated heterocycles. The Morgan fingerprint density at radius 2 is 1.74 bits per heavy atom. The van der Waals surface area contributed by atoms with Crippen LogP contribution in [0.2, 0.25) is 0 Å². The zero-order valence-electron chi connectivity index (χ0n) is 19.0. The maximum absolute atomic E-state index is 13.1. The second-order valence-electron chi connectivity index (χ2n) is 9.52. The van der Waals surface area contributed by atoms with Crippen LogP contribution in [0.5, 0.6) is 0 Å². The number of ether oxygens (including phenoxy) is 2. The minimum atomic E-state index is -0.516. The van der Waals surface area contributed by atoms with E-state index in [4.69, 9.17) is 9.47 Å². The lowest BCUT2D eigenvalue weighted by atomic mass is 9.90. The lowest BCUT2D eigenvalue weighted by molar-refractivity contribution is 0.0309. The number of nitrogens with zero attached hydrogens (tertiary/aromatic N) is 2. The van der Waals surface area contributed by atoms with Crippen molar-refractivity contribution < 1.29 is 14.3 Å². The van der Waals surface area contributed by atoms with E-state index in [0.29, 0.717) is 12.5 Å². The molecule has 31 heavy (non-hydrogen) atoms. The molecule has 3 aliphatic rings. The van der Waals surface area contributed by atoms with Crippen LogP contribution in [0.25, 0.3) is 5.57 Å². The van der Waals surface area contributed by atoms with Crippen LogP contribution in [-0.4, -0.2) is 62.5 Å². The number of amides is 1. The van der Waals surface area contributed by atoms with Gasteiger partial charge in [0.15, 0.2) is 0 Å². The SMILES string of the molecule is CC(C)(C)OC(=O)N1CC(c2ccc(N3CCOCC3)cc2)=CC=C1C1CCNCC1. The van der Waals surface area contributed by atoms with Gasteiger partial charge in [-0.25, -0.2) is 4.79 Å². The van der Waals surface area contributed by atoms with Gasteiger partial charge in [0, 0.05) is 30.4 Å². The molecule has 4 rings (SSSR count). The van der Waals surface area contributed by atoms with Crippen LogP contribution in [0.4, 0.5) is 10.5 Å². The van der Waals surface area contributed by atoms with Gasteiger partial charge in [0.1, 0.15) is 5.60 Å². The van der Waals surface area contributed by atoms with Gasteiger partial charge in [0.25, 0.3) is 0 Å². The van der Waals surface area contributed by atoms with Crippen molar-refractivity contribution >= 4 is 17.4 Å². The number of nitrogens with one attached hydrogen (secondary N) is 1. The van der Waals surface area contributed by atoms with Crippen LogP contribution in [-0.2, 0) is 9.47 Å². The summed E-state index contributed by atoms with van der Waals surface area (Å²) in [5, 5.41) is 3.41. The summed E-state index contributed by atoms with van der Waals surface area (Å²) in [4.78, 5) is 17.3. The number of piperidine rings is 1. The number of carbonyl (C=O) groups excluding carboxylic acids is 1. The van der Waals surface area contributed by atoms with Crippen LogP contribution in [0.3, 0.4) is 0 Å². The standard InChI is InChI=1S/C25H35N3O3/c1-25(2,3)31-24(29)28-18-21(6-9-23(28)20-10-12-26-13-11-20)19-4-7-22(8-5-19)27-14-16-30-17-15-27/h4-9,20,26H,10-18H2,1-3H3. The Bertz CT molecular complexity index is 827. The second kappa shape index (κ2) is 9.45. The molecule has 1 amide bonds. The van der Waals surface area contributed by atoms with Crippen molar-refractivity contribution in [3.8, 4) is 0 Å². The molecule has 0 atom stereocenters. The van der Waals surface area contributed by atoms with Gasteiger partial charge in [-0.05, 0) is 76.0 Å². The van der Waals surface area contributed by atoms with E-state index in [1.54, 1.807) is 0 Å². The molecule has 0 radical (unpaired) electrons. The molecule has 3 heterocycles. The van der Waals surface area contributed by atoms with Crippen LogP contribution in [0.15, 0.2) is 42.1 Å². The number of rotatable bonds is 3. The lowest BCUT2D eigenvalue weighted by Crippen LogP contribution is -2.42. The smallest absolute Gasteiger partial charge is 0.414 e. The topological polar surface area (TPSA) is 54.0 Å². The molecule has 0 unspecified atom stereocenters. The highest BCUT2D eigenvalue weighted by Gasteiger charge is 2.32. The van der Waals surface area contributed by atoms with Crippen molar-refractivity contribution in [1.29, 1.82) is 0 Å². The zero-order chi connectivity index (χ0) is 21.8. The molecule has 1 aromatic carbocycles. The minimum Gasteiger partial charge on any atom is -0.443 e. The molecule has 0 aromatic heterocycles. The average molecular weight is 426 g/mol. The van der Waals surface area contributed by atoms with Crippen molar-refractivity contribution in [3.05, 3.63) is 47.7 Å². The van der Waals surface area contributed by atoms with E-state index in [0.717, 1.165) is 69.1 Å². The fourth-order valence-corrected chi connectivity index (χ4v) is 4.45. The van der Waals surface area contributed by atoms with Crippen molar-refractivity contribution in [1.82, 2.24) is 10.2 Å². The molecule has 0 saturated carbocycles. The number of hydrogen-bond acceptors (Lipinski definition) is 5. The molecule has 1 aromatic rings. The molecular formula is C25H35N3O3. The van der Waals surface area contributed by atoms with E-state index < -0.39 is 5.60 Å². The van der Waals surface area contributed by atoms with Crippen molar-refractivity contribution in [2.45, 2.75) is 39.2 Å². The van der Waals surface area contributed by atoms with Gasteiger partial charge < -0.3 is 19.7 Å². The molecular weight excluding hydrogens is 390 g/mol. The Kier molecular flexibility index (Phi) is 6.68. The molecule has 6 nitrogen and oxygen atoms in total. The highest BCUT2D eigenvalue weighted by molar-refractivity contribution is 5.79. The van der Waals surface area contributed by atoms with E-state index in [9.17, 15) is 4.79 Å². The summed E-state index contributed by atoms with van der Waals surface area (Å²) in [6.07, 6.45) is 6.15. The number of anilines is 1. The summed E-state index contributed by atoms with van der Waals surface area (Å²) < 4.78 is 11.2. The largest absolute Gasteiger partial charge is 0.443 e. The van der Waals surface area contributed by atoms with E-state index in [1.165, 1.54) is 5.69 Å². The van der Waals surface area contributed by atoms with Crippen molar-refractivity contribution in [2.24, 2.45) is 5.92 Å². The maximum atomic E-state index is 13.1. The monoisotopic (exact) mass is 425 g/mol. The predicted octanol–water partition coefficient (Wildman–Crippen LogP) is 4.04. The fourth-order valence-electron chi connectivity index (χ4n) is 4.45. The minimum absolute atomic E-state index is 0.257. The Balaban J connectivity index is 1.55. The van der Waals surface area contributed by atoms with Crippen LogP contribution in [0.1, 0.15) is 39.2 Å². The van der Waals surface area contributed by atoms with Crippen LogP contribution < -0.4 is 10.2 Å². The van der Waals surface area contributed by atoms with Gasteiger partial charge in [-0.3, -0.25) is 4.90 Å². The molecule has 168 valence electrons. The first-order valence-electron chi connectivity index (χ1n) is 11.5. The Morgan fingerprint density at radius 1 is 1.06 bits per heavy atom.